The van der Waals surface area contributed by atoms with Gasteiger partial charge < -0.3 is 15.5 Å². The van der Waals surface area contributed by atoms with Gasteiger partial charge in [0, 0.05) is 18.0 Å². The summed E-state index contributed by atoms with van der Waals surface area (Å²) in [6.07, 6.45) is 0. The molecule has 3 heteroatoms. The monoisotopic (exact) mass is 223 g/mol. The molecule has 0 radical (unpaired) electrons. The van der Waals surface area contributed by atoms with Crippen LogP contribution in [-0.4, -0.2) is 30.0 Å². The standard InChI is InChI=1S/C13H21NO2/c1-11(12-6-4-3-5-7-12)14-8-13(2,9-15)10-16/h3-7,11,14-16H,8-10H2,1-2H3/t11-/m0/s1. The van der Waals surface area contributed by atoms with E-state index in [1.54, 1.807) is 0 Å². The van der Waals surface area contributed by atoms with Gasteiger partial charge in [-0.2, -0.15) is 0 Å². The molecule has 1 aromatic rings. The van der Waals surface area contributed by atoms with Crippen molar-refractivity contribution in [3.8, 4) is 0 Å². The number of rotatable bonds is 6. The Bertz CT molecular complexity index is 296. The van der Waals surface area contributed by atoms with Gasteiger partial charge in [0.25, 0.3) is 0 Å². The van der Waals surface area contributed by atoms with Crippen LogP contribution in [0.5, 0.6) is 0 Å². The minimum Gasteiger partial charge on any atom is -0.396 e. The maximum absolute atomic E-state index is 9.17. The maximum atomic E-state index is 9.17. The zero-order chi connectivity index (χ0) is 12.0. The van der Waals surface area contributed by atoms with E-state index in [0.717, 1.165) is 0 Å². The van der Waals surface area contributed by atoms with Crippen molar-refractivity contribution in [1.29, 1.82) is 0 Å². The zero-order valence-corrected chi connectivity index (χ0v) is 9.98. The predicted molar refractivity (Wildman–Crippen MR) is 65.1 cm³/mol. The molecule has 1 aromatic carbocycles. The van der Waals surface area contributed by atoms with E-state index in [1.807, 2.05) is 25.1 Å². The van der Waals surface area contributed by atoms with Crippen molar-refractivity contribution < 1.29 is 10.2 Å². The third-order valence-corrected chi connectivity index (χ3v) is 2.90. The average Bonchev–Trinajstić information content (AvgIpc) is 2.36. The Morgan fingerprint density at radius 3 is 2.25 bits per heavy atom. The van der Waals surface area contributed by atoms with E-state index >= 15 is 0 Å². The summed E-state index contributed by atoms with van der Waals surface area (Å²) in [5, 5.41) is 21.7. The fourth-order valence-corrected chi connectivity index (χ4v) is 1.42. The number of hydrogen-bond donors (Lipinski definition) is 3. The van der Waals surface area contributed by atoms with Gasteiger partial charge in [-0.1, -0.05) is 37.3 Å². The van der Waals surface area contributed by atoms with Gasteiger partial charge in [-0.3, -0.25) is 0 Å². The summed E-state index contributed by atoms with van der Waals surface area (Å²) < 4.78 is 0. The summed E-state index contributed by atoms with van der Waals surface area (Å²) >= 11 is 0. The molecule has 0 aliphatic rings. The molecule has 0 saturated carbocycles. The van der Waals surface area contributed by atoms with Crippen molar-refractivity contribution in [3.05, 3.63) is 35.9 Å². The first kappa shape index (κ1) is 13.2. The maximum Gasteiger partial charge on any atom is 0.0519 e. The largest absolute Gasteiger partial charge is 0.396 e. The van der Waals surface area contributed by atoms with Crippen molar-refractivity contribution in [2.24, 2.45) is 5.41 Å². The van der Waals surface area contributed by atoms with Crippen molar-refractivity contribution >= 4 is 0 Å². The normalized spacial score (nSPS) is 13.8. The molecule has 3 nitrogen and oxygen atoms in total. The van der Waals surface area contributed by atoms with E-state index < -0.39 is 5.41 Å². The molecule has 0 amide bonds. The first-order chi connectivity index (χ1) is 7.61. The zero-order valence-electron chi connectivity index (χ0n) is 9.98. The highest BCUT2D eigenvalue weighted by Crippen LogP contribution is 2.16. The molecule has 0 saturated heterocycles. The molecule has 1 rings (SSSR count). The molecule has 1 atom stereocenters. The Morgan fingerprint density at radius 1 is 1.19 bits per heavy atom. The van der Waals surface area contributed by atoms with E-state index in [-0.39, 0.29) is 19.3 Å². The molecule has 0 heterocycles. The number of nitrogens with one attached hydrogen (secondary N) is 1. The first-order valence-electron chi connectivity index (χ1n) is 5.61. The molecule has 0 bridgehead atoms. The summed E-state index contributed by atoms with van der Waals surface area (Å²) in [7, 11) is 0. The van der Waals surface area contributed by atoms with Crippen LogP contribution in [0.3, 0.4) is 0 Å². The van der Waals surface area contributed by atoms with Crippen LogP contribution in [0.1, 0.15) is 25.5 Å². The van der Waals surface area contributed by atoms with Gasteiger partial charge in [-0.05, 0) is 12.5 Å². The minimum atomic E-state index is -0.455. The first-order valence-corrected chi connectivity index (χ1v) is 5.61. The molecule has 0 aromatic heterocycles. The fourth-order valence-electron chi connectivity index (χ4n) is 1.42. The molecule has 0 fully saturated rings. The fraction of sp³-hybridized carbons (Fsp3) is 0.538. The minimum absolute atomic E-state index is 0.0159. The molecule has 0 aliphatic carbocycles. The lowest BCUT2D eigenvalue weighted by Gasteiger charge is -2.27. The summed E-state index contributed by atoms with van der Waals surface area (Å²) in [5.41, 5.74) is 0.754. The Kier molecular flexibility index (Phi) is 4.93. The van der Waals surface area contributed by atoms with Crippen LogP contribution in [0.15, 0.2) is 30.3 Å². The highest BCUT2D eigenvalue weighted by atomic mass is 16.3. The van der Waals surface area contributed by atoms with Gasteiger partial charge in [0.2, 0.25) is 0 Å². The van der Waals surface area contributed by atoms with Crippen LogP contribution >= 0.6 is 0 Å². The molecule has 90 valence electrons. The van der Waals surface area contributed by atoms with E-state index in [4.69, 9.17) is 10.2 Å². The number of aliphatic hydroxyl groups is 2. The lowest BCUT2D eigenvalue weighted by atomic mass is 9.92. The Morgan fingerprint density at radius 2 is 1.75 bits per heavy atom. The lowest BCUT2D eigenvalue weighted by Crippen LogP contribution is -2.38. The Labute approximate surface area is 97.1 Å². The second-order valence-electron chi connectivity index (χ2n) is 4.64. The molecule has 0 aliphatic heterocycles. The quantitative estimate of drug-likeness (QED) is 0.682. The summed E-state index contributed by atoms with van der Waals surface area (Å²) in [6.45, 7) is 4.49. The third kappa shape index (κ3) is 3.59. The third-order valence-electron chi connectivity index (χ3n) is 2.90. The molecule has 3 N–H and O–H groups in total. The number of hydrogen-bond acceptors (Lipinski definition) is 3. The SMILES string of the molecule is C[C@H](NCC(C)(CO)CO)c1ccccc1. The van der Waals surface area contributed by atoms with Gasteiger partial charge in [0.15, 0.2) is 0 Å². The molecule has 0 spiro atoms. The second kappa shape index (κ2) is 5.99. The van der Waals surface area contributed by atoms with Gasteiger partial charge >= 0.3 is 0 Å². The molecular weight excluding hydrogens is 202 g/mol. The number of benzene rings is 1. The van der Waals surface area contributed by atoms with Crippen LogP contribution in [0.4, 0.5) is 0 Å². The van der Waals surface area contributed by atoms with Gasteiger partial charge in [0.1, 0.15) is 0 Å². The average molecular weight is 223 g/mol. The van der Waals surface area contributed by atoms with E-state index in [0.29, 0.717) is 6.54 Å². The van der Waals surface area contributed by atoms with Gasteiger partial charge in [0.05, 0.1) is 13.2 Å². The van der Waals surface area contributed by atoms with Crippen molar-refractivity contribution in [2.45, 2.75) is 19.9 Å². The second-order valence-corrected chi connectivity index (χ2v) is 4.64. The lowest BCUT2D eigenvalue weighted by molar-refractivity contribution is 0.0677. The van der Waals surface area contributed by atoms with Crippen LogP contribution in [-0.2, 0) is 0 Å². The van der Waals surface area contributed by atoms with E-state index in [2.05, 4.69) is 24.4 Å². The number of aliphatic hydroxyl groups excluding tert-OH is 2. The summed E-state index contributed by atoms with van der Waals surface area (Å²) in [6, 6.07) is 10.3. The smallest absolute Gasteiger partial charge is 0.0519 e. The highest BCUT2D eigenvalue weighted by molar-refractivity contribution is 5.18. The van der Waals surface area contributed by atoms with Crippen molar-refractivity contribution in [3.63, 3.8) is 0 Å². The molecule has 16 heavy (non-hydrogen) atoms. The Balaban J connectivity index is 2.50. The van der Waals surface area contributed by atoms with E-state index in [1.165, 1.54) is 5.56 Å². The van der Waals surface area contributed by atoms with Crippen LogP contribution < -0.4 is 5.32 Å². The van der Waals surface area contributed by atoms with Crippen LogP contribution in [0.25, 0.3) is 0 Å². The summed E-state index contributed by atoms with van der Waals surface area (Å²) in [4.78, 5) is 0. The Hall–Kier alpha value is -0.900. The van der Waals surface area contributed by atoms with Crippen LogP contribution in [0.2, 0.25) is 0 Å². The summed E-state index contributed by atoms with van der Waals surface area (Å²) in [5.74, 6) is 0. The molecule has 0 unspecified atom stereocenters. The van der Waals surface area contributed by atoms with Gasteiger partial charge in [-0.25, -0.2) is 0 Å². The van der Waals surface area contributed by atoms with Crippen molar-refractivity contribution in [2.75, 3.05) is 19.8 Å². The predicted octanol–water partition coefficient (Wildman–Crippen LogP) is 1.33. The molecular formula is C13H21NO2. The van der Waals surface area contributed by atoms with E-state index in [9.17, 15) is 0 Å². The highest BCUT2D eigenvalue weighted by Gasteiger charge is 2.22. The van der Waals surface area contributed by atoms with Crippen LogP contribution in [0, 0.1) is 5.41 Å². The van der Waals surface area contributed by atoms with Crippen molar-refractivity contribution in [1.82, 2.24) is 5.32 Å². The topological polar surface area (TPSA) is 52.5 Å². The van der Waals surface area contributed by atoms with Gasteiger partial charge in [-0.15, -0.1) is 0 Å².